The van der Waals surface area contributed by atoms with Gasteiger partial charge in [0, 0.05) is 12.8 Å². The normalized spacial score (nSPS) is 21.2. The van der Waals surface area contributed by atoms with Crippen LogP contribution in [0.3, 0.4) is 0 Å². The van der Waals surface area contributed by atoms with E-state index in [9.17, 15) is 24.9 Å². The number of allylic oxidation sites excluding steroid dienone is 1. The summed E-state index contributed by atoms with van der Waals surface area (Å²) in [7, 11) is 1.21. The summed E-state index contributed by atoms with van der Waals surface area (Å²) in [4.78, 5) is 25.2. The van der Waals surface area contributed by atoms with Crippen molar-refractivity contribution in [3.8, 4) is 0 Å². The van der Waals surface area contributed by atoms with E-state index in [0.717, 1.165) is 5.56 Å². The van der Waals surface area contributed by atoms with Gasteiger partial charge < -0.3 is 30.7 Å². The molecule has 8 nitrogen and oxygen atoms in total. The summed E-state index contributed by atoms with van der Waals surface area (Å²) in [5.41, 5.74) is 1.44. The number of para-hydroxylation sites is 1. The molecule has 5 atom stereocenters. The number of ether oxygens (including phenoxy) is 1. The fourth-order valence-corrected chi connectivity index (χ4v) is 3.19. The molecule has 8 heteroatoms. The van der Waals surface area contributed by atoms with Gasteiger partial charge in [-0.1, -0.05) is 51.1 Å². The fourth-order valence-electron chi connectivity index (χ4n) is 3.19. The van der Waals surface area contributed by atoms with E-state index in [1.165, 1.54) is 13.2 Å². The lowest BCUT2D eigenvalue weighted by Crippen LogP contribution is -2.55. The number of anilines is 1. The number of aryl methyl sites for hydroxylation is 1. The molecule has 0 spiro atoms. The van der Waals surface area contributed by atoms with Gasteiger partial charge >= 0.3 is 0 Å². The topological polar surface area (TPSA) is 128 Å². The van der Waals surface area contributed by atoms with Gasteiger partial charge in [0.1, 0.15) is 24.4 Å². The Bertz CT molecular complexity index is 773. The molecule has 1 aromatic rings. The Hall–Kier alpha value is -2.26. The number of amides is 2. The van der Waals surface area contributed by atoms with Crippen LogP contribution < -0.4 is 10.6 Å². The highest BCUT2D eigenvalue weighted by Crippen LogP contribution is 2.22. The highest BCUT2D eigenvalue weighted by molar-refractivity contribution is 5.99. The van der Waals surface area contributed by atoms with E-state index in [1.807, 2.05) is 39.0 Å². The number of nitrogens with one attached hydrogen (secondary N) is 2. The summed E-state index contributed by atoms with van der Waals surface area (Å²) in [6.45, 7) is 5.75. The van der Waals surface area contributed by atoms with Crippen molar-refractivity contribution in [2.45, 2.75) is 64.1 Å². The van der Waals surface area contributed by atoms with Crippen molar-refractivity contribution in [1.82, 2.24) is 5.32 Å². The molecule has 30 heavy (non-hydrogen) atoms. The van der Waals surface area contributed by atoms with Gasteiger partial charge in [0.25, 0.3) is 5.91 Å². The third kappa shape index (κ3) is 6.37. The molecule has 0 bridgehead atoms. The fraction of sp³-hybridized carbons (Fsp3) is 0.545. The van der Waals surface area contributed by atoms with Crippen LogP contribution in [0.4, 0.5) is 5.69 Å². The van der Waals surface area contributed by atoms with E-state index >= 15 is 0 Å². The van der Waals surface area contributed by atoms with Crippen LogP contribution in [-0.4, -0.2) is 64.7 Å². The number of carbonyl (C=O) groups excluding carboxylic acids is 2. The molecule has 5 N–H and O–H groups in total. The number of aliphatic hydroxyl groups is 3. The minimum absolute atomic E-state index is 0.228. The number of carbonyl (C=O) groups is 2. The first-order valence-electron chi connectivity index (χ1n) is 9.99. The van der Waals surface area contributed by atoms with Crippen molar-refractivity contribution < 1.29 is 29.6 Å². The number of hydrogen-bond donors (Lipinski definition) is 5. The van der Waals surface area contributed by atoms with Gasteiger partial charge in [0.2, 0.25) is 5.91 Å². The number of aliphatic hydroxyl groups excluding tert-OH is 3. The lowest BCUT2D eigenvalue weighted by atomic mass is 9.94. The Morgan fingerprint density at radius 3 is 2.53 bits per heavy atom. The van der Waals surface area contributed by atoms with Crippen molar-refractivity contribution >= 4 is 17.5 Å². The first kappa shape index (κ1) is 24.0. The number of rotatable bonds is 7. The van der Waals surface area contributed by atoms with E-state index in [0.29, 0.717) is 18.5 Å². The van der Waals surface area contributed by atoms with Crippen molar-refractivity contribution in [3.63, 3.8) is 0 Å². The largest absolute Gasteiger partial charge is 0.387 e. The number of fused-ring (bicyclic) bond motifs is 1. The first-order chi connectivity index (χ1) is 14.0. The Kier molecular flexibility index (Phi) is 8.14. The summed E-state index contributed by atoms with van der Waals surface area (Å²) >= 11 is 0. The smallest absolute Gasteiger partial charge is 0.252 e. The van der Waals surface area contributed by atoms with Gasteiger partial charge in [0.15, 0.2) is 6.10 Å². The second kappa shape index (κ2) is 10.2. The number of hydrogen-bond acceptors (Lipinski definition) is 6. The standard InChI is InChI=1S/C22H32N2O6/c1-22(2,3)12-11-16(25)17(26)18(27)19(30-4)21(29)24-15-10-9-13-7-5-6-8-14(13)23-20(15)28/h5-8,11-12,15-19,25-27H,9-10H2,1-4H3,(H,23,28)(H,24,29)/b12-11+/t15-,16+,17-,18+,19+/m0/s1. The predicted molar refractivity (Wildman–Crippen MR) is 113 cm³/mol. The van der Waals surface area contributed by atoms with E-state index in [2.05, 4.69) is 10.6 Å². The molecule has 166 valence electrons. The van der Waals surface area contributed by atoms with Gasteiger partial charge in [-0.15, -0.1) is 0 Å². The molecule has 2 amide bonds. The maximum absolute atomic E-state index is 12.7. The third-order valence-electron chi connectivity index (χ3n) is 4.93. The quantitative estimate of drug-likeness (QED) is 0.414. The maximum atomic E-state index is 12.7. The van der Waals surface area contributed by atoms with E-state index in [1.54, 1.807) is 12.1 Å². The molecular weight excluding hydrogens is 388 g/mol. The van der Waals surface area contributed by atoms with Gasteiger partial charge in [-0.05, 0) is 29.9 Å². The highest BCUT2D eigenvalue weighted by atomic mass is 16.5. The molecule has 2 rings (SSSR count). The van der Waals surface area contributed by atoms with Crippen molar-refractivity contribution in [2.75, 3.05) is 12.4 Å². The molecule has 0 radical (unpaired) electrons. The molecule has 0 aromatic heterocycles. The Morgan fingerprint density at radius 2 is 1.90 bits per heavy atom. The molecule has 0 aliphatic carbocycles. The average molecular weight is 421 g/mol. The average Bonchev–Trinajstić information content (AvgIpc) is 2.84. The summed E-state index contributed by atoms with van der Waals surface area (Å²) in [5.74, 6) is -1.12. The molecule has 1 aromatic carbocycles. The molecule has 0 fully saturated rings. The first-order valence-corrected chi connectivity index (χ1v) is 9.99. The summed E-state index contributed by atoms with van der Waals surface area (Å²) < 4.78 is 5.07. The van der Waals surface area contributed by atoms with Crippen LogP contribution in [0.1, 0.15) is 32.8 Å². The minimum atomic E-state index is -1.69. The van der Waals surface area contributed by atoms with Gasteiger partial charge in [-0.2, -0.15) is 0 Å². The Labute approximate surface area is 176 Å². The highest BCUT2D eigenvalue weighted by Gasteiger charge is 2.37. The molecule has 1 aliphatic heterocycles. The zero-order valence-electron chi connectivity index (χ0n) is 17.8. The van der Waals surface area contributed by atoms with Crippen molar-refractivity contribution in [3.05, 3.63) is 42.0 Å². The van der Waals surface area contributed by atoms with Crippen LogP contribution in [0.2, 0.25) is 0 Å². The van der Waals surface area contributed by atoms with E-state index in [-0.39, 0.29) is 11.3 Å². The van der Waals surface area contributed by atoms with E-state index < -0.39 is 36.4 Å². The van der Waals surface area contributed by atoms with Crippen LogP contribution in [0.5, 0.6) is 0 Å². The number of methoxy groups -OCH3 is 1. The van der Waals surface area contributed by atoms with Crippen LogP contribution in [0.25, 0.3) is 0 Å². The molecule has 0 saturated heterocycles. The maximum Gasteiger partial charge on any atom is 0.252 e. The minimum Gasteiger partial charge on any atom is -0.387 e. The second-order valence-electron chi connectivity index (χ2n) is 8.60. The molecule has 1 heterocycles. The van der Waals surface area contributed by atoms with Crippen LogP contribution >= 0.6 is 0 Å². The Balaban J connectivity index is 2.03. The van der Waals surface area contributed by atoms with Gasteiger partial charge in [0.05, 0.1) is 0 Å². The van der Waals surface area contributed by atoms with Crippen LogP contribution in [0.15, 0.2) is 36.4 Å². The Morgan fingerprint density at radius 1 is 1.23 bits per heavy atom. The summed E-state index contributed by atoms with van der Waals surface area (Å²) in [5, 5.41) is 36.2. The van der Waals surface area contributed by atoms with Crippen molar-refractivity contribution in [2.24, 2.45) is 5.41 Å². The second-order valence-corrected chi connectivity index (χ2v) is 8.60. The molecule has 1 aliphatic rings. The SMILES string of the molecule is CO[C@@H](C(=O)N[C@H]1CCc2ccccc2NC1=O)[C@H](O)[C@@H](O)[C@H](O)/C=C/C(C)(C)C. The summed E-state index contributed by atoms with van der Waals surface area (Å²) in [6, 6.07) is 6.57. The zero-order chi connectivity index (χ0) is 22.5. The van der Waals surface area contributed by atoms with Gasteiger partial charge in [-0.25, -0.2) is 0 Å². The zero-order valence-corrected chi connectivity index (χ0v) is 17.8. The molecule has 0 unspecified atom stereocenters. The van der Waals surface area contributed by atoms with Crippen LogP contribution in [0, 0.1) is 5.41 Å². The monoisotopic (exact) mass is 420 g/mol. The lowest BCUT2D eigenvalue weighted by Gasteiger charge is -2.28. The lowest BCUT2D eigenvalue weighted by molar-refractivity contribution is -0.150. The molecule has 0 saturated carbocycles. The van der Waals surface area contributed by atoms with E-state index in [4.69, 9.17) is 4.74 Å². The van der Waals surface area contributed by atoms with Gasteiger partial charge in [-0.3, -0.25) is 9.59 Å². The number of benzene rings is 1. The predicted octanol–water partition coefficient (Wildman–Crippen LogP) is 0.756. The molecular formula is C22H32N2O6. The summed E-state index contributed by atoms with van der Waals surface area (Å²) in [6.07, 6.45) is -2.17. The van der Waals surface area contributed by atoms with Crippen LogP contribution in [-0.2, 0) is 20.7 Å². The van der Waals surface area contributed by atoms with Crippen molar-refractivity contribution in [1.29, 1.82) is 0 Å². The third-order valence-corrected chi connectivity index (χ3v) is 4.93.